The zero-order chi connectivity index (χ0) is 13.9. The van der Waals surface area contributed by atoms with Gasteiger partial charge in [0.1, 0.15) is 5.69 Å². The zero-order valence-electron chi connectivity index (χ0n) is 11.2. The quantitative estimate of drug-likeness (QED) is 0.635. The van der Waals surface area contributed by atoms with E-state index in [2.05, 4.69) is 16.9 Å². The number of anilines is 2. The lowest BCUT2D eigenvalue weighted by Gasteiger charge is -2.25. The van der Waals surface area contributed by atoms with Crippen LogP contribution < -0.4 is 10.6 Å². The van der Waals surface area contributed by atoms with E-state index in [4.69, 9.17) is 5.73 Å². The Kier molecular flexibility index (Phi) is 4.41. The maximum atomic E-state index is 11.1. The molecule has 0 aliphatic rings. The van der Waals surface area contributed by atoms with Gasteiger partial charge in [-0.15, -0.1) is 0 Å². The van der Waals surface area contributed by atoms with E-state index in [1.165, 1.54) is 0 Å². The van der Waals surface area contributed by atoms with Gasteiger partial charge >= 0.3 is 5.69 Å². The fourth-order valence-electron chi connectivity index (χ4n) is 1.85. The van der Waals surface area contributed by atoms with Crippen molar-refractivity contribution in [1.29, 1.82) is 0 Å². The molecule has 0 bridgehead atoms. The van der Waals surface area contributed by atoms with Gasteiger partial charge in [0.15, 0.2) is 0 Å². The summed E-state index contributed by atoms with van der Waals surface area (Å²) in [5, 5.41) is 11.1. The summed E-state index contributed by atoms with van der Waals surface area (Å²) in [6, 6.07) is 0.155. The molecule has 1 rings (SSSR count). The highest BCUT2D eigenvalue weighted by atomic mass is 16.6. The van der Waals surface area contributed by atoms with E-state index in [1.54, 1.807) is 18.9 Å². The van der Waals surface area contributed by atoms with Crippen LogP contribution in [0.4, 0.5) is 17.5 Å². The van der Waals surface area contributed by atoms with Crippen LogP contribution in [0, 0.1) is 17.0 Å². The lowest BCUT2D eigenvalue weighted by Crippen LogP contribution is -2.30. The number of aryl methyl sites for hydroxylation is 1. The Bertz CT molecular complexity index is 449. The molecular formula is C11H19N5O2. The monoisotopic (exact) mass is 253 g/mol. The van der Waals surface area contributed by atoms with Crippen LogP contribution in [0.2, 0.25) is 0 Å². The Balaban J connectivity index is 3.25. The Labute approximate surface area is 106 Å². The van der Waals surface area contributed by atoms with Crippen LogP contribution in [0.1, 0.15) is 32.4 Å². The van der Waals surface area contributed by atoms with E-state index in [0.717, 1.165) is 12.8 Å². The highest BCUT2D eigenvalue weighted by molar-refractivity contribution is 5.62. The maximum absolute atomic E-state index is 11.1. The molecule has 0 aliphatic carbocycles. The van der Waals surface area contributed by atoms with Crippen molar-refractivity contribution in [2.45, 2.75) is 39.7 Å². The smallest absolute Gasteiger partial charge is 0.332 e. The van der Waals surface area contributed by atoms with E-state index in [-0.39, 0.29) is 29.2 Å². The summed E-state index contributed by atoms with van der Waals surface area (Å²) in [7, 11) is 1.79. The number of nitro groups is 1. The molecule has 7 heteroatoms. The van der Waals surface area contributed by atoms with Crippen LogP contribution in [0.5, 0.6) is 0 Å². The van der Waals surface area contributed by atoms with Crippen molar-refractivity contribution in [2.24, 2.45) is 0 Å². The topological polar surface area (TPSA) is 98.2 Å². The SMILES string of the molecule is CCCC(C)N(C)c1nc(N)nc(C)c1[N+](=O)[O-]. The molecule has 1 aromatic rings. The van der Waals surface area contributed by atoms with Crippen LogP contribution >= 0.6 is 0 Å². The fourth-order valence-corrected chi connectivity index (χ4v) is 1.85. The minimum absolute atomic E-state index is 0.0589. The van der Waals surface area contributed by atoms with E-state index in [0.29, 0.717) is 0 Å². The van der Waals surface area contributed by atoms with Crippen LogP contribution in [0.3, 0.4) is 0 Å². The molecule has 1 unspecified atom stereocenters. The second-order valence-corrected chi connectivity index (χ2v) is 4.35. The molecule has 0 fully saturated rings. The maximum Gasteiger partial charge on any atom is 0.332 e. The molecule has 0 saturated heterocycles. The third-order valence-electron chi connectivity index (χ3n) is 2.94. The number of rotatable bonds is 5. The van der Waals surface area contributed by atoms with Crippen molar-refractivity contribution in [3.8, 4) is 0 Å². The van der Waals surface area contributed by atoms with Crippen LogP contribution in [0.25, 0.3) is 0 Å². The van der Waals surface area contributed by atoms with E-state index in [9.17, 15) is 10.1 Å². The largest absolute Gasteiger partial charge is 0.368 e. The van der Waals surface area contributed by atoms with Gasteiger partial charge in [-0.2, -0.15) is 4.98 Å². The van der Waals surface area contributed by atoms with Gasteiger partial charge < -0.3 is 10.6 Å². The van der Waals surface area contributed by atoms with Gasteiger partial charge in [-0.25, -0.2) is 4.98 Å². The summed E-state index contributed by atoms with van der Waals surface area (Å²) in [4.78, 5) is 20.3. The van der Waals surface area contributed by atoms with Gasteiger partial charge in [0.05, 0.1) is 4.92 Å². The third kappa shape index (κ3) is 2.85. The molecule has 0 aliphatic heterocycles. The summed E-state index contributed by atoms with van der Waals surface area (Å²) in [5.41, 5.74) is 5.78. The van der Waals surface area contributed by atoms with Gasteiger partial charge in [0.25, 0.3) is 0 Å². The lowest BCUT2D eigenvalue weighted by atomic mass is 10.1. The van der Waals surface area contributed by atoms with Crippen LogP contribution in [-0.4, -0.2) is 28.0 Å². The first-order valence-corrected chi connectivity index (χ1v) is 5.89. The average Bonchev–Trinajstić information content (AvgIpc) is 2.26. The molecule has 0 saturated carbocycles. The summed E-state index contributed by atoms with van der Waals surface area (Å²) in [6.45, 7) is 5.64. The molecule has 0 aromatic carbocycles. The number of hydrogen-bond donors (Lipinski definition) is 1. The average molecular weight is 253 g/mol. The van der Waals surface area contributed by atoms with Crippen molar-refractivity contribution < 1.29 is 4.92 Å². The number of nitrogen functional groups attached to an aromatic ring is 1. The Morgan fingerprint density at radius 2 is 2.11 bits per heavy atom. The summed E-state index contributed by atoms with van der Waals surface area (Å²) in [5.74, 6) is 0.342. The van der Waals surface area contributed by atoms with Crippen LogP contribution in [-0.2, 0) is 0 Å². The molecule has 0 amide bonds. The molecule has 1 aromatic heterocycles. The summed E-state index contributed by atoms with van der Waals surface area (Å²) < 4.78 is 0. The second-order valence-electron chi connectivity index (χ2n) is 4.35. The summed E-state index contributed by atoms with van der Waals surface area (Å²) >= 11 is 0. The second kappa shape index (κ2) is 5.61. The fraction of sp³-hybridized carbons (Fsp3) is 0.636. The van der Waals surface area contributed by atoms with Gasteiger partial charge in [0.2, 0.25) is 11.8 Å². The highest BCUT2D eigenvalue weighted by Gasteiger charge is 2.26. The van der Waals surface area contributed by atoms with Crippen molar-refractivity contribution in [1.82, 2.24) is 9.97 Å². The Morgan fingerprint density at radius 1 is 1.50 bits per heavy atom. The summed E-state index contributed by atoms with van der Waals surface area (Å²) in [6.07, 6.45) is 1.93. The molecular weight excluding hydrogens is 234 g/mol. The van der Waals surface area contributed by atoms with Crippen molar-refractivity contribution >= 4 is 17.5 Å². The minimum atomic E-state index is -0.459. The normalized spacial score (nSPS) is 12.2. The predicted octanol–water partition coefficient (Wildman–Crippen LogP) is 1.90. The zero-order valence-corrected chi connectivity index (χ0v) is 11.2. The Morgan fingerprint density at radius 3 is 2.61 bits per heavy atom. The number of aromatic nitrogens is 2. The van der Waals surface area contributed by atoms with E-state index < -0.39 is 4.92 Å². The molecule has 2 N–H and O–H groups in total. The predicted molar refractivity (Wildman–Crippen MR) is 70.6 cm³/mol. The van der Waals surface area contributed by atoms with Gasteiger partial charge in [-0.1, -0.05) is 13.3 Å². The van der Waals surface area contributed by atoms with E-state index >= 15 is 0 Å². The van der Waals surface area contributed by atoms with Crippen molar-refractivity contribution in [2.75, 3.05) is 17.7 Å². The van der Waals surface area contributed by atoms with E-state index in [1.807, 2.05) is 6.92 Å². The first-order valence-electron chi connectivity index (χ1n) is 5.89. The molecule has 100 valence electrons. The number of hydrogen-bond acceptors (Lipinski definition) is 6. The molecule has 0 spiro atoms. The highest BCUT2D eigenvalue weighted by Crippen LogP contribution is 2.30. The number of nitrogens with two attached hydrogens (primary N) is 1. The first kappa shape index (κ1) is 14.1. The van der Waals surface area contributed by atoms with Gasteiger partial charge in [-0.05, 0) is 20.3 Å². The third-order valence-corrected chi connectivity index (χ3v) is 2.94. The minimum Gasteiger partial charge on any atom is -0.368 e. The first-order chi connectivity index (χ1) is 8.38. The lowest BCUT2D eigenvalue weighted by molar-refractivity contribution is -0.385. The standard InChI is InChI=1S/C11H19N5O2/c1-5-6-7(2)15(4)10-9(16(17)18)8(3)13-11(12)14-10/h7H,5-6H2,1-4H3,(H2,12,13,14). The molecule has 18 heavy (non-hydrogen) atoms. The van der Waals surface area contributed by atoms with Crippen molar-refractivity contribution in [3.05, 3.63) is 15.8 Å². The van der Waals surface area contributed by atoms with Crippen molar-refractivity contribution in [3.63, 3.8) is 0 Å². The number of nitrogens with zero attached hydrogens (tertiary/aromatic N) is 4. The van der Waals surface area contributed by atoms with Crippen LogP contribution in [0.15, 0.2) is 0 Å². The molecule has 0 radical (unpaired) electrons. The van der Waals surface area contributed by atoms with Gasteiger partial charge in [0, 0.05) is 13.1 Å². The molecule has 1 atom stereocenters. The van der Waals surface area contributed by atoms with Gasteiger partial charge in [-0.3, -0.25) is 10.1 Å². The molecule has 7 nitrogen and oxygen atoms in total. The Hall–Kier alpha value is -1.92. The molecule has 1 heterocycles.